The monoisotopic (exact) mass is 311 g/mol. The van der Waals surface area contributed by atoms with Gasteiger partial charge in [0, 0.05) is 29.9 Å². The van der Waals surface area contributed by atoms with E-state index in [2.05, 4.69) is 10.6 Å². The second-order valence-corrected chi connectivity index (χ2v) is 5.15. The Bertz CT molecular complexity index is 803. The van der Waals surface area contributed by atoms with Gasteiger partial charge in [0.25, 0.3) is 11.6 Å². The lowest BCUT2D eigenvalue weighted by Crippen LogP contribution is -2.40. The van der Waals surface area contributed by atoms with Gasteiger partial charge in [0.1, 0.15) is 0 Å². The maximum atomic E-state index is 12.5. The predicted molar refractivity (Wildman–Crippen MR) is 83.2 cm³/mol. The third-order valence-corrected chi connectivity index (χ3v) is 3.69. The van der Waals surface area contributed by atoms with Gasteiger partial charge in [0.05, 0.1) is 10.8 Å². The molecular weight excluding hydrogens is 298 g/mol. The summed E-state index contributed by atoms with van der Waals surface area (Å²) in [5.41, 5.74) is 1.37. The van der Waals surface area contributed by atoms with Gasteiger partial charge in [-0.2, -0.15) is 0 Å². The highest BCUT2D eigenvalue weighted by Gasteiger charge is 2.30. The van der Waals surface area contributed by atoms with Crippen LogP contribution in [-0.2, 0) is 4.79 Å². The number of nitrogens with one attached hydrogen (secondary N) is 2. The van der Waals surface area contributed by atoms with Gasteiger partial charge in [0.15, 0.2) is 0 Å². The highest BCUT2D eigenvalue weighted by Crippen LogP contribution is 2.26. The van der Waals surface area contributed by atoms with Crippen molar-refractivity contribution in [2.75, 3.05) is 11.9 Å². The number of nitro benzene ring substituents is 1. The quantitative estimate of drug-likeness (QED) is 0.669. The molecule has 0 bridgehead atoms. The Kier molecular flexibility index (Phi) is 3.76. The van der Waals surface area contributed by atoms with E-state index in [0.717, 1.165) is 0 Å². The van der Waals surface area contributed by atoms with Crippen LogP contribution in [0.2, 0.25) is 0 Å². The molecule has 0 spiro atoms. The summed E-state index contributed by atoms with van der Waals surface area (Å²) in [5.74, 6) is -1.07. The molecule has 7 heteroatoms. The third kappa shape index (κ3) is 2.89. The average Bonchev–Trinajstić information content (AvgIpc) is 2.55. The van der Waals surface area contributed by atoms with Gasteiger partial charge in [-0.3, -0.25) is 19.7 Å². The number of fused-ring (bicyclic) bond motifs is 1. The Morgan fingerprint density at radius 3 is 2.78 bits per heavy atom. The van der Waals surface area contributed by atoms with Crippen molar-refractivity contribution >= 4 is 23.2 Å². The minimum atomic E-state index is -0.539. The number of anilines is 1. The van der Waals surface area contributed by atoms with E-state index in [4.69, 9.17) is 0 Å². The van der Waals surface area contributed by atoms with Crippen LogP contribution in [0.1, 0.15) is 21.8 Å². The van der Waals surface area contributed by atoms with Gasteiger partial charge in [-0.25, -0.2) is 0 Å². The minimum Gasteiger partial charge on any atom is -0.351 e. The lowest BCUT2D eigenvalue weighted by atomic mass is 9.89. The fourth-order valence-corrected chi connectivity index (χ4v) is 2.57. The Hall–Kier alpha value is -3.22. The SMILES string of the molecule is O=C1NC[C@@H](C(=O)Nc2cccc([N+](=O)[O-])c2)c2ccccc21. The maximum Gasteiger partial charge on any atom is 0.271 e. The van der Waals surface area contributed by atoms with Crippen molar-refractivity contribution < 1.29 is 14.5 Å². The number of nitro groups is 1. The van der Waals surface area contributed by atoms with Crippen LogP contribution in [0.4, 0.5) is 11.4 Å². The minimum absolute atomic E-state index is 0.0971. The van der Waals surface area contributed by atoms with Crippen molar-refractivity contribution in [3.8, 4) is 0 Å². The molecule has 2 aromatic rings. The number of amides is 2. The number of benzene rings is 2. The number of carbonyl (C=O) groups excluding carboxylic acids is 2. The molecule has 1 atom stereocenters. The molecule has 0 saturated carbocycles. The molecule has 0 fully saturated rings. The topological polar surface area (TPSA) is 101 Å². The largest absolute Gasteiger partial charge is 0.351 e. The molecule has 3 rings (SSSR count). The summed E-state index contributed by atoms with van der Waals surface area (Å²) >= 11 is 0. The van der Waals surface area contributed by atoms with Gasteiger partial charge in [-0.1, -0.05) is 24.3 Å². The molecule has 1 aliphatic heterocycles. The summed E-state index contributed by atoms with van der Waals surface area (Å²) < 4.78 is 0. The van der Waals surface area contributed by atoms with Crippen LogP contribution < -0.4 is 10.6 Å². The van der Waals surface area contributed by atoms with Crippen LogP contribution in [0.5, 0.6) is 0 Å². The molecule has 0 radical (unpaired) electrons. The van der Waals surface area contributed by atoms with Crippen LogP contribution >= 0.6 is 0 Å². The van der Waals surface area contributed by atoms with Gasteiger partial charge < -0.3 is 10.6 Å². The summed E-state index contributed by atoms with van der Waals surface area (Å²) in [5, 5.41) is 16.1. The molecular formula is C16H13N3O4. The molecule has 7 nitrogen and oxygen atoms in total. The first kappa shape index (κ1) is 14.7. The summed E-state index contributed by atoms with van der Waals surface area (Å²) in [6.07, 6.45) is 0. The second kappa shape index (κ2) is 5.88. The average molecular weight is 311 g/mol. The van der Waals surface area contributed by atoms with E-state index >= 15 is 0 Å². The molecule has 2 amide bonds. The van der Waals surface area contributed by atoms with Crippen LogP contribution in [0.15, 0.2) is 48.5 Å². The summed E-state index contributed by atoms with van der Waals surface area (Å²) in [6, 6.07) is 12.6. The van der Waals surface area contributed by atoms with Crippen molar-refractivity contribution in [2.45, 2.75) is 5.92 Å². The number of nitrogens with zero attached hydrogens (tertiary/aromatic N) is 1. The number of carbonyl (C=O) groups is 2. The first-order valence-corrected chi connectivity index (χ1v) is 6.98. The van der Waals surface area contributed by atoms with E-state index < -0.39 is 10.8 Å². The number of hydrogen-bond donors (Lipinski definition) is 2. The molecule has 2 N–H and O–H groups in total. The number of rotatable bonds is 3. The van der Waals surface area contributed by atoms with Crippen molar-refractivity contribution in [3.05, 3.63) is 69.8 Å². The Morgan fingerprint density at radius 1 is 1.22 bits per heavy atom. The molecule has 0 unspecified atom stereocenters. The molecule has 1 aliphatic rings. The lowest BCUT2D eigenvalue weighted by molar-refractivity contribution is -0.384. The fraction of sp³-hybridized carbons (Fsp3) is 0.125. The standard InChI is InChI=1S/C16H13N3O4/c20-15-13-7-2-1-6-12(13)14(9-17-15)16(21)18-10-4-3-5-11(8-10)19(22)23/h1-8,14H,9H2,(H,17,20)(H,18,21)/t14-/m1/s1. The van der Waals surface area contributed by atoms with Gasteiger partial charge in [0.2, 0.25) is 5.91 Å². The van der Waals surface area contributed by atoms with Crippen LogP contribution in [0, 0.1) is 10.1 Å². The lowest BCUT2D eigenvalue weighted by Gasteiger charge is -2.24. The van der Waals surface area contributed by atoms with Gasteiger partial charge >= 0.3 is 0 Å². The molecule has 116 valence electrons. The molecule has 2 aromatic carbocycles. The highest BCUT2D eigenvalue weighted by molar-refractivity contribution is 6.03. The van der Waals surface area contributed by atoms with Crippen molar-refractivity contribution in [1.29, 1.82) is 0 Å². The second-order valence-electron chi connectivity index (χ2n) is 5.15. The maximum absolute atomic E-state index is 12.5. The molecule has 1 heterocycles. The normalized spacial score (nSPS) is 16.2. The Balaban J connectivity index is 1.84. The van der Waals surface area contributed by atoms with Crippen LogP contribution in [0.3, 0.4) is 0 Å². The molecule has 0 saturated heterocycles. The first-order chi connectivity index (χ1) is 11.1. The Labute approximate surface area is 131 Å². The molecule has 23 heavy (non-hydrogen) atoms. The van der Waals surface area contributed by atoms with Crippen molar-refractivity contribution in [3.63, 3.8) is 0 Å². The van der Waals surface area contributed by atoms with Gasteiger partial charge in [-0.15, -0.1) is 0 Å². The third-order valence-electron chi connectivity index (χ3n) is 3.69. The van der Waals surface area contributed by atoms with E-state index in [9.17, 15) is 19.7 Å². The van der Waals surface area contributed by atoms with E-state index in [1.54, 1.807) is 30.3 Å². The zero-order valence-corrected chi connectivity index (χ0v) is 12.0. The van der Waals surface area contributed by atoms with E-state index in [1.807, 2.05) is 0 Å². The van der Waals surface area contributed by atoms with E-state index in [-0.39, 0.29) is 24.0 Å². The zero-order valence-electron chi connectivity index (χ0n) is 12.0. The van der Waals surface area contributed by atoms with Crippen molar-refractivity contribution in [2.24, 2.45) is 0 Å². The Morgan fingerprint density at radius 2 is 2.00 bits per heavy atom. The highest BCUT2D eigenvalue weighted by atomic mass is 16.6. The van der Waals surface area contributed by atoms with Crippen LogP contribution in [-0.4, -0.2) is 23.3 Å². The van der Waals surface area contributed by atoms with Crippen molar-refractivity contribution in [1.82, 2.24) is 5.32 Å². The smallest absolute Gasteiger partial charge is 0.271 e. The van der Waals surface area contributed by atoms with E-state index in [0.29, 0.717) is 16.8 Å². The molecule has 0 aromatic heterocycles. The first-order valence-electron chi connectivity index (χ1n) is 6.98. The number of non-ortho nitro benzene ring substituents is 1. The van der Waals surface area contributed by atoms with Crippen LogP contribution in [0.25, 0.3) is 0 Å². The predicted octanol–water partition coefficient (Wildman–Crippen LogP) is 2.06. The number of hydrogen-bond acceptors (Lipinski definition) is 4. The zero-order chi connectivity index (χ0) is 16.4. The molecule has 0 aliphatic carbocycles. The summed E-state index contributed by atoms with van der Waals surface area (Å²) in [6.45, 7) is 0.191. The fourth-order valence-electron chi connectivity index (χ4n) is 2.57. The summed E-state index contributed by atoms with van der Waals surface area (Å²) in [7, 11) is 0. The van der Waals surface area contributed by atoms with E-state index in [1.165, 1.54) is 18.2 Å². The summed E-state index contributed by atoms with van der Waals surface area (Å²) in [4.78, 5) is 34.6. The van der Waals surface area contributed by atoms with Gasteiger partial charge in [-0.05, 0) is 17.7 Å².